The van der Waals surface area contributed by atoms with E-state index in [1.165, 1.54) is 6.07 Å². The molecule has 1 aliphatic rings. The van der Waals surface area contributed by atoms with Crippen molar-refractivity contribution in [3.05, 3.63) is 63.3 Å². The quantitative estimate of drug-likeness (QED) is 0.734. The molecule has 0 radical (unpaired) electrons. The summed E-state index contributed by atoms with van der Waals surface area (Å²) in [7, 11) is 0. The first-order valence-corrected chi connectivity index (χ1v) is 9.42. The number of hydrogen-bond acceptors (Lipinski definition) is 4. The summed E-state index contributed by atoms with van der Waals surface area (Å²) in [6.45, 7) is 3.00. The fourth-order valence-corrected chi connectivity index (χ4v) is 3.89. The van der Waals surface area contributed by atoms with E-state index >= 15 is 0 Å². The number of aryl methyl sites for hydroxylation is 1. The molecular formula is C21H21N5O2. The Morgan fingerprint density at radius 3 is 2.96 bits per heavy atom. The summed E-state index contributed by atoms with van der Waals surface area (Å²) >= 11 is 0. The first kappa shape index (κ1) is 18.0. The molecule has 1 aliphatic heterocycles. The number of carbonyl (C=O) groups excluding carboxylic acids is 1. The third kappa shape index (κ3) is 3.41. The maximum absolute atomic E-state index is 13.0. The highest BCUT2D eigenvalue weighted by Gasteiger charge is 2.27. The van der Waals surface area contributed by atoms with Crippen molar-refractivity contribution in [2.75, 3.05) is 13.1 Å². The molecule has 0 saturated carbocycles. The number of fused-ring (bicyclic) bond motifs is 1. The largest absolute Gasteiger partial charge is 0.342 e. The molecule has 0 bridgehead atoms. The van der Waals surface area contributed by atoms with Crippen molar-refractivity contribution < 1.29 is 4.79 Å². The van der Waals surface area contributed by atoms with Crippen LogP contribution in [-0.2, 0) is 6.42 Å². The fraction of sp³-hybridized carbons (Fsp3) is 0.333. The highest BCUT2D eigenvalue weighted by molar-refractivity contribution is 5.95. The smallest absolute Gasteiger partial charge is 0.266 e. The number of rotatable bonds is 3. The summed E-state index contributed by atoms with van der Waals surface area (Å²) in [6, 6.07) is 11.2. The molecule has 2 aromatic heterocycles. The van der Waals surface area contributed by atoms with Gasteiger partial charge in [-0.2, -0.15) is 5.26 Å². The lowest BCUT2D eigenvalue weighted by molar-refractivity contribution is 0.0671. The van der Waals surface area contributed by atoms with Gasteiger partial charge in [0, 0.05) is 25.2 Å². The maximum atomic E-state index is 13.0. The third-order valence-electron chi connectivity index (χ3n) is 5.32. The number of nitrogens with one attached hydrogen (secondary N) is 2. The molecule has 7 heteroatoms. The highest BCUT2D eigenvalue weighted by atomic mass is 16.2. The molecule has 142 valence electrons. The van der Waals surface area contributed by atoms with Crippen molar-refractivity contribution in [1.29, 1.82) is 5.26 Å². The van der Waals surface area contributed by atoms with Gasteiger partial charge in [-0.1, -0.05) is 12.1 Å². The average Bonchev–Trinajstić information content (AvgIpc) is 3.10. The summed E-state index contributed by atoms with van der Waals surface area (Å²) < 4.78 is 0. The Morgan fingerprint density at radius 2 is 2.18 bits per heavy atom. The van der Waals surface area contributed by atoms with Gasteiger partial charge < -0.3 is 14.9 Å². The molecule has 1 atom stereocenters. The van der Waals surface area contributed by atoms with Crippen LogP contribution in [0.4, 0.5) is 0 Å². The monoisotopic (exact) mass is 375 g/mol. The van der Waals surface area contributed by atoms with Crippen molar-refractivity contribution in [3.63, 3.8) is 0 Å². The number of carbonyl (C=O) groups is 1. The van der Waals surface area contributed by atoms with E-state index in [4.69, 9.17) is 5.26 Å². The van der Waals surface area contributed by atoms with Crippen LogP contribution in [0.25, 0.3) is 11.0 Å². The topological polar surface area (TPSA) is 106 Å². The number of H-pyrrole nitrogens is 2. The first-order chi connectivity index (χ1) is 13.5. The van der Waals surface area contributed by atoms with Crippen molar-refractivity contribution in [2.45, 2.75) is 26.2 Å². The van der Waals surface area contributed by atoms with Crippen molar-refractivity contribution in [1.82, 2.24) is 19.9 Å². The minimum Gasteiger partial charge on any atom is -0.342 e. The molecule has 28 heavy (non-hydrogen) atoms. The number of aromatic amines is 2. The second kappa shape index (κ2) is 7.31. The van der Waals surface area contributed by atoms with E-state index < -0.39 is 5.56 Å². The predicted molar refractivity (Wildman–Crippen MR) is 105 cm³/mol. The van der Waals surface area contributed by atoms with Gasteiger partial charge in [-0.05, 0) is 43.9 Å². The molecule has 7 nitrogen and oxygen atoms in total. The van der Waals surface area contributed by atoms with E-state index in [1.54, 1.807) is 6.92 Å². The number of amides is 1. The molecule has 1 amide bonds. The second-order valence-electron chi connectivity index (χ2n) is 7.33. The molecular weight excluding hydrogens is 354 g/mol. The molecule has 2 N–H and O–H groups in total. The average molecular weight is 375 g/mol. The van der Waals surface area contributed by atoms with Crippen LogP contribution in [0.1, 0.15) is 40.3 Å². The van der Waals surface area contributed by atoms with Gasteiger partial charge in [0.15, 0.2) is 0 Å². The Hall–Kier alpha value is -3.40. The van der Waals surface area contributed by atoms with Crippen molar-refractivity contribution >= 4 is 16.9 Å². The Bertz CT molecular complexity index is 1100. The van der Waals surface area contributed by atoms with Crippen LogP contribution in [-0.4, -0.2) is 38.8 Å². The lowest BCUT2D eigenvalue weighted by atomic mass is 9.94. The zero-order valence-corrected chi connectivity index (χ0v) is 15.7. The molecule has 1 saturated heterocycles. The van der Waals surface area contributed by atoms with E-state index in [1.807, 2.05) is 35.2 Å². The zero-order valence-electron chi connectivity index (χ0n) is 15.7. The minimum atomic E-state index is -0.460. The van der Waals surface area contributed by atoms with Gasteiger partial charge in [0.2, 0.25) is 0 Å². The number of nitrogens with zero attached hydrogens (tertiary/aromatic N) is 3. The lowest BCUT2D eigenvalue weighted by Crippen LogP contribution is -2.41. The van der Waals surface area contributed by atoms with Gasteiger partial charge in [0.05, 0.1) is 16.6 Å². The molecule has 3 heterocycles. The molecule has 1 aromatic carbocycles. The summed E-state index contributed by atoms with van der Waals surface area (Å²) in [5.74, 6) is 1.11. The van der Waals surface area contributed by atoms with Crippen LogP contribution >= 0.6 is 0 Å². The van der Waals surface area contributed by atoms with Crippen LogP contribution in [0.5, 0.6) is 0 Å². The van der Waals surface area contributed by atoms with Gasteiger partial charge >= 0.3 is 0 Å². The van der Waals surface area contributed by atoms with Crippen LogP contribution in [0, 0.1) is 24.2 Å². The number of likely N-dealkylation sites (tertiary alicyclic amines) is 1. The van der Waals surface area contributed by atoms with E-state index in [2.05, 4.69) is 15.0 Å². The molecule has 4 rings (SSSR count). The molecule has 0 spiro atoms. The van der Waals surface area contributed by atoms with Crippen LogP contribution in [0.3, 0.4) is 0 Å². The van der Waals surface area contributed by atoms with Crippen LogP contribution in [0.15, 0.2) is 35.1 Å². The van der Waals surface area contributed by atoms with Gasteiger partial charge in [-0.25, -0.2) is 4.98 Å². The summed E-state index contributed by atoms with van der Waals surface area (Å²) in [5, 5.41) is 9.09. The molecule has 0 aliphatic carbocycles. The number of benzene rings is 1. The zero-order chi connectivity index (χ0) is 19.7. The standard InChI is InChI=1S/C21H21N5O2/c1-13-16(10-15(11-22)20(27)23-13)21(28)26-8-4-5-14(12-26)9-19-24-17-6-2-3-7-18(17)25-19/h2-3,6-7,10,14H,4-5,8-9,12H2,1H3,(H,23,27)(H,24,25). The molecule has 1 unspecified atom stereocenters. The van der Waals surface area contributed by atoms with Crippen molar-refractivity contribution in [3.8, 4) is 6.07 Å². The minimum absolute atomic E-state index is 0.0372. The number of piperidine rings is 1. The second-order valence-corrected chi connectivity index (χ2v) is 7.33. The van der Waals surface area contributed by atoms with Gasteiger partial charge in [-0.3, -0.25) is 9.59 Å². The third-order valence-corrected chi connectivity index (χ3v) is 5.32. The molecule has 3 aromatic rings. The number of pyridine rings is 1. The number of hydrogen-bond donors (Lipinski definition) is 2. The lowest BCUT2D eigenvalue weighted by Gasteiger charge is -2.32. The van der Waals surface area contributed by atoms with Crippen LogP contribution in [0.2, 0.25) is 0 Å². The van der Waals surface area contributed by atoms with Gasteiger partial charge in [-0.15, -0.1) is 0 Å². The Balaban J connectivity index is 1.51. The molecule has 1 fully saturated rings. The van der Waals surface area contributed by atoms with E-state index in [0.29, 0.717) is 30.3 Å². The number of aromatic nitrogens is 3. The summed E-state index contributed by atoms with van der Waals surface area (Å²) in [6.07, 6.45) is 2.74. The van der Waals surface area contributed by atoms with Crippen LogP contribution < -0.4 is 5.56 Å². The van der Waals surface area contributed by atoms with Gasteiger partial charge in [0.25, 0.3) is 11.5 Å². The number of para-hydroxylation sites is 2. The summed E-state index contributed by atoms with van der Waals surface area (Å²) in [5.41, 5.74) is 2.36. The Morgan fingerprint density at radius 1 is 1.36 bits per heavy atom. The normalized spacial score (nSPS) is 16.9. The van der Waals surface area contributed by atoms with E-state index in [0.717, 1.165) is 36.1 Å². The highest BCUT2D eigenvalue weighted by Crippen LogP contribution is 2.23. The number of imidazole rings is 1. The maximum Gasteiger partial charge on any atom is 0.266 e. The first-order valence-electron chi connectivity index (χ1n) is 9.42. The SMILES string of the molecule is Cc1[nH]c(=O)c(C#N)cc1C(=O)N1CCCC(Cc2nc3ccccc3[nH]2)C1. The van der Waals surface area contributed by atoms with E-state index in [9.17, 15) is 9.59 Å². The predicted octanol–water partition coefficient (Wildman–Crippen LogP) is 2.53. The Labute approximate surface area is 162 Å². The van der Waals surface area contributed by atoms with Crippen molar-refractivity contribution in [2.24, 2.45) is 5.92 Å². The fourth-order valence-electron chi connectivity index (χ4n) is 3.89. The number of nitriles is 1. The van der Waals surface area contributed by atoms with E-state index in [-0.39, 0.29) is 11.5 Å². The Kier molecular flexibility index (Phi) is 4.70. The summed E-state index contributed by atoms with van der Waals surface area (Å²) in [4.78, 5) is 37.2. The van der Waals surface area contributed by atoms with Gasteiger partial charge in [0.1, 0.15) is 17.5 Å².